The van der Waals surface area contributed by atoms with Gasteiger partial charge in [-0.2, -0.15) is 0 Å². The van der Waals surface area contributed by atoms with Crippen LogP contribution in [-0.2, 0) is 20.1 Å². The third kappa shape index (κ3) is 3.56. The van der Waals surface area contributed by atoms with Gasteiger partial charge in [0.2, 0.25) is 0 Å². The second-order valence-corrected chi connectivity index (χ2v) is 8.51. The van der Waals surface area contributed by atoms with Crippen LogP contribution in [0, 0.1) is 0 Å². The Kier molecular flexibility index (Phi) is 5.13. The first kappa shape index (κ1) is 19.7. The van der Waals surface area contributed by atoms with E-state index >= 15 is 0 Å². The molecule has 6 nitrogen and oxygen atoms in total. The van der Waals surface area contributed by atoms with Crippen molar-refractivity contribution in [2.24, 2.45) is 7.05 Å². The Morgan fingerprint density at radius 3 is 2.68 bits per heavy atom. The summed E-state index contributed by atoms with van der Waals surface area (Å²) >= 11 is 1.77. The van der Waals surface area contributed by atoms with Gasteiger partial charge < -0.3 is 24.3 Å². The molecule has 0 aliphatic carbocycles. The number of benzene rings is 1. The van der Waals surface area contributed by atoms with Crippen LogP contribution >= 0.6 is 11.3 Å². The molecule has 158 valence electrons. The summed E-state index contributed by atoms with van der Waals surface area (Å²) in [5.41, 5.74) is 5.34. The lowest BCUT2D eigenvalue weighted by Crippen LogP contribution is -2.11. The molecule has 2 N–H and O–H groups in total. The van der Waals surface area contributed by atoms with Gasteiger partial charge in [0, 0.05) is 65.5 Å². The van der Waals surface area contributed by atoms with E-state index < -0.39 is 0 Å². The molecule has 0 radical (unpaired) electrons. The van der Waals surface area contributed by atoms with Crippen LogP contribution in [0.5, 0.6) is 11.5 Å². The molecule has 0 aliphatic heterocycles. The summed E-state index contributed by atoms with van der Waals surface area (Å²) in [5.74, 6) is 1.44. The molecule has 5 rings (SSSR count). The summed E-state index contributed by atoms with van der Waals surface area (Å²) in [6.07, 6.45) is 3.99. The molecule has 0 aliphatic rings. The fourth-order valence-corrected chi connectivity index (χ4v) is 4.71. The number of pyridine rings is 1. The minimum atomic E-state index is 0.718. The molecule has 4 heterocycles. The van der Waals surface area contributed by atoms with Crippen LogP contribution in [0.2, 0.25) is 0 Å². The van der Waals surface area contributed by atoms with Gasteiger partial charge in [0.1, 0.15) is 5.65 Å². The van der Waals surface area contributed by atoms with Crippen molar-refractivity contribution >= 4 is 33.3 Å². The molecule has 0 amide bonds. The van der Waals surface area contributed by atoms with E-state index in [2.05, 4.69) is 55.7 Å². The Labute approximate surface area is 184 Å². The number of fused-ring (bicyclic) bond motifs is 2. The first-order valence-corrected chi connectivity index (χ1v) is 11.0. The van der Waals surface area contributed by atoms with E-state index in [0.29, 0.717) is 0 Å². The molecular weight excluding hydrogens is 408 g/mol. The summed E-state index contributed by atoms with van der Waals surface area (Å²) < 4.78 is 13.1. The van der Waals surface area contributed by atoms with Gasteiger partial charge in [-0.1, -0.05) is 6.07 Å². The van der Waals surface area contributed by atoms with Crippen LogP contribution in [0.1, 0.15) is 10.4 Å². The first-order chi connectivity index (χ1) is 15.2. The number of aromatic nitrogens is 3. The van der Waals surface area contributed by atoms with E-state index in [4.69, 9.17) is 9.47 Å². The molecule has 0 bridgehead atoms. The number of hydrogen-bond donors (Lipinski definition) is 2. The Morgan fingerprint density at radius 2 is 1.90 bits per heavy atom. The van der Waals surface area contributed by atoms with Gasteiger partial charge in [-0.25, -0.2) is 4.98 Å². The van der Waals surface area contributed by atoms with Gasteiger partial charge in [-0.05, 0) is 35.2 Å². The number of thiophene rings is 1. The van der Waals surface area contributed by atoms with E-state index in [1.54, 1.807) is 25.6 Å². The van der Waals surface area contributed by atoms with Crippen molar-refractivity contribution in [3.63, 3.8) is 0 Å². The third-order valence-corrected chi connectivity index (χ3v) is 6.48. The Bertz CT molecular complexity index is 1350. The number of aryl methyl sites for hydroxylation is 1. The highest BCUT2D eigenvalue weighted by Gasteiger charge is 2.16. The number of H-pyrrole nitrogens is 1. The van der Waals surface area contributed by atoms with Gasteiger partial charge >= 0.3 is 0 Å². The zero-order valence-electron chi connectivity index (χ0n) is 17.7. The van der Waals surface area contributed by atoms with Crippen LogP contribution in [0.25, 0.3) is 33.2 Å². The van der Waals surface area contributed by atoms with Crippen LogP contribution in [-0.4, -0.2) is 28.8 Å². The Morgan fingerprint density at radius 1 is 1.06 bits per heavy atom. The SMILES string of the molecule is COc1cc2c(-c3cc4c(CNCc5cccs5)ccnc4[nH]3)cn(C)c2cc1OC. The highest BCUT2D eigenvalue weighted by Crippen LogP contribution is 2.38. The normalized spacial score (nSPS) is 11.5. The zero-order valence-corrected chi connectivity index (χ0v) is 18.5. The molecule has 0 saturated carbocycles. The maximum Gasteiger partial charge on any atom is 0.162 e. The fraction of sp³-hybridized carbons (Fsp3) is 0.208. The summed E-state index contributed by atoms with van der Waals surface area (Å²) in [5, 5.41) is 7.88. The molecule has 4 aromatic heterocycles. The Hall–Kier alpha value is -3.29. The maximum absolute atomic E-state index is 5.53. The molecule has 0 unspecified atom stereocenters. The minimum absolute atomic E-state index is 0.718. The van der Waals surface area contributed by atoms with E-state index in [0.717, 1.165) is 57.8 Å². The summed E-state index contributed by atoms with van der Waals surface area (Å²) in [6.45, 7) is 1.65. The lowest BCUT2D eigenvalue weighted by atomic mass is 10.1. The summed E-state index contributed by atoms with van der Waals surface area (Å²) in [4.78, 5) is 9.40. The topological polar surface area (TPSA) is 64.1 Å². The third-order valence-electron chi connectivity index (χ3n) is 5.60. The van der Waals surface area contributed by atoms with Gasteiger partial charge in [-0.3, -0.25) is 0 Å². The monoisotopic (exact) mass is 432 g/mol. The fourth-order valence-electron chi connectivity index (χ4n) is 4.04. The van der Waals surface area contributed by atoms with Crippen LogP contribution in [0.15, 0.2) is 54.2 Å². The van der Waals surface area contributed by atoms with Crippen LogP contribution in [0.4, 0.5) is 0 Å². The van der Waals surface area contributed by atoms with Gasteiger partial charge in [0.15, 0.2) is 11.5 Å². The van der Waals surface area contributed by atoms with Crippen molar-refractivity contribution in [1.82, 2.24) is 19.9 Å². The van der Waals surface area contributed by atoms with Gasteiger partial charge in [0.05, 0.1) is 19.7 Å². The lowest BCUT2D eigenvalue weighted by Gasteiger charge is -2.08. The standard InChI is InChI=1S/C24H24N4O2S/c1-28-14-19(18-10-22(29-2)23(30-3)11-21(18)28)20-9-17-15(6-7-26-24(17)27-20)12-25-13-16-5-4-8-31-16/h4-11,14,25H,12-13H2,1-3H3,(H,26,27). The average molecular weight is 433 g/mol. The molecule has 0 fully saturated rings. The number of nitrogens with one attached hydrogen (secondary N) is 2. The molecule has 0 saturated heterocycles. The highest BCUT2D eigenvalue weighted by molar-refractivity contribution is 7.09. The largest absolute Gasteiger partial charge is 0.493 e. The average Bonchev–Trinajstić information content (AvgIpc) is 3.52. The molecular formula is C24H24N4O2S. The van der Waals surface area contributed by atoms with Crippen molar-refractivity contribution in [2.45, 2.75) is 13.1 Å². The van der Waals surface area contributed by atoms with Gasteiger partial charge in [-0.15, -0.1) is 11.3 Å². The molecule has 7 heteroatoms. The van der Waals surface area contributed by atoms with E-state index in [9.17, 15) is 0 Å². The lowest BCUT2D eigenvalue weighted by molar-refractivity contribution is 0.355. The number of hydrogen-bond acceptors (Lipinski definition) is 5. The minimum Gasteiger partial charge on any atom is -0.493 e. The smallest absolute Gasteiger partial charge is 0.162 e. The predicted octanol–water partition coefficient (Wildman–Crippen LogP) is 5.09. The Balaban J connectivity index is 1.52. The first-order valence-electron chi connectivity index (χ1n) is 10.1. The van der Waals surface area contributed by atoms with Crippen molar-refractivity contribution in [2.75, 3.05) is 14.2 Å². The maximum atomic E-state index is 5.53. The molecule has 5 aromatic rings. The van der Waals surface area contributed by atoms with Gasteiger partial charge in [0.25, 0.3) is 0 Å². The number of aromatic amines is 1. The van der Waals surface area contributed by atoms with E-state index in [-0.39, 0.29) is 0 Å². The quantitative estimate of drug-likeness (QED) is 0.376. The predicted molar refractivity (Wildman–Crippen MR) is 126 cm³/mol. The second kappa shape index (κ2) is 8.09. The summed E-state index contributed by atoms with van der Waals surface area (Å²) in [6, 6.07) is 12.6. The number of methoxy groups -OCH3 is 2. The molecule has 1 aromatic carbocycles. The van der Waals surface area contributed by atoms with E-state index in [1.807, 2.05) is 25.4 Å². The van der Waals surface area contributed by atoms with Crippen molar-refractivity contribution in [3.8, 4) is 22.8 Å². The molecule has 31 heavy (non-hydrogen) atoms. The van der Waals surface area contributed by atoms with Crippen LogP contribution in [0.3, 0.4) is 0 Å². The summed E-state index contributed by atoms with van der Waals surface area (Å²) in [7, 11) is 5.36. The van der Waals surface area contributed by atoms with Crippen LogP contribution < -0.4 is 14.8 Å². The zero-order chi connectivity index (χ0) is 21.4. The number of nitrogens with zero attached hydrogens (tertiary/aromatic N) is 2. The molecule has 0 atom stereocenters. The van der Waals surface area contributed by atoms with E-state index in [1.165, 1.54) is 10.4 Å². The van der Waals surface area contributed by atoms with Crippen molar-refractivity contribution in [3.05, 3.63) is 64.6 Å². The molecule has 0 spiro atoms. The number of rotatable bonds is 7. The van der Waals surface area contributed by atoms with Crippen molar-refractivity contribution in [1.29, 1.82) is 0 Å². The highest BCUT2D eigenvalue weighted by atomic mass is 32.1. The van der Waals surface area contributed by atoms with Crippen molar-refractivity contribution < 1.29 is 9.47 Å². The second-order valence-electron chi connectivity index (χ2n) is 7.48. The number of ether oxygens (including phenoxy) is 2.